The summed E-state index contributed by atoms with van der Waals surface area (Å²) in [5.41, 5.74) is 2.83. The lowest BCUT2D eigenvalue weighted by Crippen LogP contribution is -2.06. The van der Waals surface area contributed by atoms with Gasteiger partial charge in [-0.25, -0.2) is 8.42 Å². The smallest absolute Gasteiger partial charge is 0.190 e. The van der Waals surface area contributed by atoms with Crippen molar-refractivity contribution in [2.75, 3.05) is 5.75 Å². The van der Waals surface area contributed by atoms with Gasteiger partial charge < -0.3 is 0 Å². The van der Waals surface area contributed by atoms with Crippen LogP contribution in [-0.4, -0.2) is 20.0 Å². The molecule has 4 heteroatoms. The predicted molar refractivity (Wildman–Crippen MR) is 86.6 cm³/mol. The number of carbonyl (C=O) groups is 1. The summed E-state index contributed by atoms with van der Waals surface area (Å²) in [6.45, 7) is 1.98. The van der Waals surface area contributed by atoms with Gasteiger partial charge in [-0.2, -0.15) is 0 Å². The third-order valence-corrected chi connectivity index (χ3v) is 5.55. The maximum atomic E-state index is 12.7. The summed E-state index contributed by atoms with van der Waals surface area (Å²) in [7, 11) is -3.41. The lowest BCUT2D eigenvalue weighted by molar-refractivity contribution is 0.103. The van der Waals surface area contributed by atoms with E-state index in [1.54, 1.807) is 24.3 Å². The van der Waals surface area contributed by atoms with Crippen molar-refractivity contribution in [2.45, 2.75) is 18.2 Å². The standard InChI is InChI=1S/C18H16O3S/c1-13-5-4-6-14(11-13)12-15-9-10-22(20,21)17-8-3-2-7-16(17)18(15)19/h2-8,11-12H,9-10H2,1H3. The number of hydrogen-bond acceptors (Lipinski definition) is 3. The number of Topliss-reactive ketones (excluding diaryl/α,β-unsaturated/α-hetero) is 1. The van der Waals surface area contributed by atoms with E-state index in [9.17, 15) is 13.2 Å². The summed E-state index contributed by atoms with van der Waals surface area (Å²) < 4.78 is 24.6. The average molecular weight is 312 g/mol. The molecule has 0 amide bonds. The zero-order valence-corrected chi connectivity index (χ0v) is 13.1. The average Bonchev–Trinajstić information content (AvgIpc) is 2.59. The van der Waals surface area contributed by atoms with Crippen molar-refractivity contribution < 1.29 is 13.2 Å². The van der Waals surface area contributed by atoms with Crippen LogP contribution in [0.4, 0.5) is 0 Å². The van der Waals surface area contributed by atoms with Crippen molar-refractivity contribution in [3.8, 4) is 0 Å². The second-order valence-electron chi connectivity index (χ2n) is 5.48. The predicted octanol–water partition coefficient (Wildman–Crippen LogP) is 3.44. The molecule has 0 aromatic heterocycles. The molecule has 0 spiro atoms. The number of carbonyl (C=O) groups excluding carboxylic acids is 1. The van der Waals surface area contributed by atoms with Crippen LogP contribution in [-0.2, 0) is 9.84 Å². The first-order valence-corrected chi connectivity index (χ1v) is 8.76. The topological polar surface area (TPSA) is 51.2 Å². The van der Waals surface area contributed by atoms with E-state index in [0.717, 1.165) is 11.1 Å². The first-order valence-electron chi connectivity index (χ1n) is 7.11. The molecule has 22 heavy (non-hydrogen) atoms. The van der Waals surface area contributed by atoms with Crippen LogP contribution >= 0.6 is 0 Å². The fourth-order valence-electron chi connectivity index (χ4n) is 2.67. The Morgan fingerprint density at radius 2 is 1.82 bits per heavy atom. The number of hydrogen-bond donors (Lipinski definition) is 0. The molecule has 1 heterocycles. The fourth-order valence-corrected chi connectivity index (χ4v) is 4.16. The summed E-state index contributed by atoms with van der Waals surface area (Å²) in [5.74, 6) is -0.230. The highest BCUT2D eigenvalue weighted by molar-refractivity contribution is 7.91. The minimum absolute atomic E-state index is 0.0343. The number of aryl methyl sites for hydroxylation is 1. The Balaban J connectivity index is 2.12. The third kappa shape index (κ3) is 2.74. The molecular weight excluding hydrogens is 296 g/mol. The highest BCUT2D eigenvalue weighted by Crippen LogP contribution is 2.28. The van der Waals surface area contributed by atoms with Crippen molar-refractivity contribution in [3.05, 3.63) is 70.8 Å². The van der Waals surface area contributed by atoms with Crippen molar-refractivity contribution in [3.63, 3.8) is 0 Å². The molecule has 0 N–H and O–H groups in total. The van der Waals surface area contributed by atoms with E-state index in [-0.39, 0.29) is 28.4 Å². The fraction of sp³-hybridized carbons (Fsp3) is 0.167. The molecule has 0 unspecified atom stereocenters. The molecule has 1 aliphatic rings. The quantitative estimate of drug-likeness (QED) is 0.758. The van der Waals surface area contributed by atoms with Crippen molar-refractivity contribution in [2.24, 2.45) is 0 Å². The number of allylic oxidation sites excluding steroid dienone is 1. The minimum atomic E-state index is -3.41. The summed E-state index contributed by atoms with van der Waals surface area (Å²) in [5, 5.41) is 0. The van der Waals surface area contributed by atoms with Gasteiger partial charge in [0.15, 0.2) is 15.6 Å². The van der Waals surface area contributed by atoms with Crippen molar-refractivity contribution >= 4 is 21.7 Å². The normalized spacial score (nSPS) is 18.8. The number of benzene rings is 2. The Labute approximate surface area is 130 Å². The Hall–Kier alpha value is -2.20. The van der Waals surface area contributed by atoms with Crippen molar-refractivity contribution in [1.29, 1.82) is 0 Å². The summed E-state index contributed by atoms with van der Waals surface area (Å²) in [6.07, 6.45) is 2.04. The highest BCUT2D eigenvalue weighted by Gasteiger charge is 2.28. The van der Waals surface area contributed by atoms with Gasteiger partial charge in [-0.3, -0.25) is 4.79 Å². The van der Waals surface area contributed by atoms with Crippen LogP contribution in [0.25, 0.3) is 6.08 Å². The van der Waals surface area contributed by atoms with E-state index in [1.165, 1.54) is 6.07 Å². The Morgan fingerprint density at radius 3 is 2.59 bits per heavy atom. The Bertz CT molecular complexity index is 877. The van der Waals surface area contributed by atoms with Crippen LogP contribution in [0.1, 0.15) is 27.9 Å². The maximum absolute atomic E-state index is 12.7. The molecule has 3 nitrogen and oxygen atoms in total. The van der Waals surface area contributed by atoms with Crippen LogP contribution in [0.3, 0.4) is 0 Å². The number of sulfone groups is 1. The van der Waals surface area contributed by atoms with Crippen LogP contribution in [0, 0.1) is 6.92 Å². The zero-order valence-electron chi connectivity index (χ0n) is 12.2. The molecule has 2 aromatic carbocycles. The largest absolute Gasteiger partial charge is 0.289 e. The first kappa shape index (κ1) is 14.7. The van der Waals surface area contributed by atoms with Crippen LogP contribution in [0.15, 0.2) is 59.0 Å². The van der Waals surface area contributed by atoms with Gasteiger partial charge in [-0.1, -0.05) is 42.0 Å². The SMILES string of the molecule is Cc1cccc(C=C2CCS(=O)(=O)c3ccccc3C2=O)c1. The van der Waals surface area contributed by atoms with Gasteiger partial charge >= 0.3 is 0 Å². The number of ketones is 1. The lowest BCUT2D eigenvalue weighted by atomic mass is 9.98. The first-order chi connectivity index (χ1) is 10.5. The summed E-state index contributed by atoms with van der Waals surface area (Å²) >= 11 is 0. The van der Waals surface area contributed by atoms with E-state index < -0.39 is 9.84 Å². The molecule has 0 radical (unpaired) electrons. The second kappa shape index (κ2) is 5.54. The zero-order chi connectivity index (χ0) is 15.7. The van der Waals surface area contributed by atoms with Gasteiger partial charge in [-0.05, 0) is 37.1 Å². The van der Waals surface area contributed by atoms with Gasteiger partial charge in [0.05, 0.1) is 10.6 Å². The van der Waals surface area contributed by atoms with Crippen LogP contribution in [0.5, 0.6) is 0 Å². The number of fused-ring (bicyclic) bond motifs is 1. The Kier molecular flexibility index (Phi) is 3.71. The second-order valence-corrected chi connectivity index (χ2v) is 7.56. The molecule has 112 valence electrons. The van der Waals surface area contributed by atoms with Crippen LogP contribution < -0.4 is 0 Å². The molecule has 3 rings (SSSR count). The summed E-state index contributed by atoms with van der Waals surface area (Å²) in [6, 6.07) is 14.2. The third-order valence-electron chi connectivity index (χ3n) is 3.78. The molecular formula is C18H16O3S. The van der Waals surface area contributed by atoms with Crippen LogP contribution in [0.2, 0.25) is 0 Å². The molecule has 0 saturated carbocycles. The molecule has 0 aliphatic carbocycles. The van der Waals surface area contributed by atoms with E-state index in [2.05, 4.69) is 0 Å². The molecule has 0 atom stereocenters. The molecule has 0 bridgehead atoms. The van der Waals surface area contributed by atoms with Crippen molar-refractivity contribution in [1.82, 2.24) is 0 Å². The van der Waals surface area contributed by atoms with Gasteiger partial charge in [0.25, 0.3) is 0 Å². The summed E-state index contributed by atoms with van der Waals surface area (Å²) in [4.78, 5) is 12.8. The van der Waals surface area contributed by atoms with E-state index in [4.69, 9.17) is 0 Å². The van der Waals surface area contributed by atoms with Gasteiger partial charge in [-0.15, -0.1) is 0 Å². The molecule has 0 fully saturated rings. The highest BCUT2D eigenvalue weighted by atomic mass is 32.2. The molecule has 0 saturated heterocycles. The Morgan fingerprint density at radius 1 is 1.05 bits per heavy atom. The van der Waals surface area contributed by atoms with Gasteiger partial charge in [0, 0.05) is 11.1 Å². The molecule has 2 aromatic rings. The maximum Gasteiger partial charge on any atom is 0.190 e. The van der Waals surface area contributed by atoms with Gasteiger partial charge in [0.2, 0.25) is 0 Å². The lowest BCUT2D eigenvalue weighted by Gasteiger charge is -2.04. The monoisotopic (exact) mass is 312 g/mol. The minimum Gasteiger partial charge on any atom is -0.289 e. The molecule has 1 aliphatic heterocycles. The van der Waals surface area contributed by atoms with E-state index in [0.29, 0.717) is 5.57 Å². The van der Waals surface area contributed by atoms with Gasteiger partial charge in [0.1, 0.15) is 0 Å². The van der Waals surface area contributed by atoms with E-state index in [1.807, 2.05) is 31.2 Å². The van der Waals surface area contributed by atoms with E-state index >= 15 is 0 Å². The number of rotatable bonds is 1.